The molecule has 154 valence electrons. The fourth-order valence-electron chi connectivity index (χ4n) is 2.41. The third-order valence-electron chi connectivity index (χ3n) is 3.62. The minimum Gasteiger partial charge on any atom is -0.462 e. The quantitative estimate of drug-likeness (QED) is 0.502. The molecule has 0 spiro atoms. The van der Waals surface area contributed by atoms with Crippen molar-refractivity contribution in [3.05, 3.63) is 26.4 Å². The summed E-state index contributed by atoms with van der Waals surface area (Å²) < 4.78 is 34.3. The zero-order valence-electron chi connectivity index (χ0n) is 15.7. The van der Waals surface area contributed by atoms with Gasteiger partial charge in [-0.05, 0) is 25.6 Å². The van der Waals surface area contributed by atoms with E-state index in [1.54, 1.807) is 20.8 Å². The molecule has 0 aliphatic heterocycles. The fraction of sp³-hybridized carbons (Fsp3) is 0.467. The highest BCUT2D eigenvalue weighted by Crippen LogP contribution is 2.28. The van der Waals surface area contributed by atoms with E-state index in [0.29, 0.717) is 23.5 Å². The molecular formula is C15H20N4O6S3. The number of rotatable bonds is 7. The Morgan fingerprint density at radius 1 is 1.29 bits per heavy atom. The number of carbonyl (C=O) groups excluding carboxylic acids is 2. The van der Waals surface area contributed by atoms with Gasteiger partial charge in [-0.15, -0.1) is 25.8 Å². The normalized spacial score (nSPS) is 11.3. The highest BCUT2D eigenvalue weighted by Gasteiger charge is 2.31. The van der Waals surface area contributed by atoms with Crippen molar-refractivity contribution >= 4 is 45.6 Å². The Hall–Kier alpha value is -2.25. The highest BCUT2D eigenvalue weighted by molar-refractivity contribution is 7.90. The van der Waals surface area contributed by atoms with Crippen LogP contribution in [-0.4, -0.2) is 48.6 Å². The zero-order chi connectivity index (χ0) is 21.1. The summed E-state index contributed by atoms with van der Waals surface area (Å²) in [4.78, 5) is 29.9. The number of aromatic nitrogens is 3. The number of aryl methyl sites for hydroxylation is 2. The van der Waals surface area contributed by atoms with Gasteiger partial charge in [-0.1, -0.05) is 13.8 Å². The number of nitrogens with one attached hydrogen (secondary N) is 1. The van der Waals surface area contributed by atoms with Gasteiger partial charge in [0.05, 0.1) is 12.2 Å². The third-order valence-corrected chi connectivity index (χ3v) is 6.67. The minimum atomic E-state index is -4.38. The van der Waals surface area contributed by atoms with Crippen LogP contribution in [0.1, 0.15) is 41.8 Å². The lowest BCUT2D eigenvalue weighted by Crippen LogP contribution is -2.36. The van der Waals surface area contributed by atoms with E-state index >= 15 is 0 Å². The number of carbonyl (C=O) groups is 2. The molecule has 0 aliphatic rings. The van der Waals surface area contributed by atoms with Crippen LogP contribution in [0.5, 0.6) is 0 Å². The first kappa shape index (κ1) is 22.0. The number of sulfonamides is 1. The van der Waals surface area contributed by atoms with Crippen LogP contribution in [0.15, 0.2) is 10.3 Å². The van der Waals surface area contributed by atoms with E-state index in [0.717, 1.165) is 20.7 Å². The van der Waals surface area contributed by atoms with Crippen LogP contribution < -0.4 is 9.56 Å². The average Bonchev–Trinajstić information content (AvgIpc) is 3.22. The first-order valence-electron chi connectivity index (χ1n) is 8.31. The molecule has 0 saturated heterocycles. The Morgan fingerprint density at radius 2 is 1.96 bits per heavy atom. The lowest BCUT2D eigenvalue weighted by Gasteiger charge is -2.09. The number of hydrogen-bond acceptors (Lipinski definition) is 9. The summed E-state index contributed by atoms with van der Waals surface area (Å²) in [7, 11) is -3.03. The van der Waals surface area contributed by atoms with Gasteiger partial charge in [0.15, 0.2) is 5.82 Å². The SMILES string of the molecule is CCOC(=O)c1csc(CC)c1S(=O)(=O)NC(=O)n1nc(CC)n(OC)c1=S. The summed E-state index contributed by atoms with van der Waals surface area (Å²) in [5.41, 5.74) is -0.121. The molecule has 10 nitrogen and oxygen atoms in total. The molecule has 0 atom stereocenters. The van der Waals surface area contributed by atoms with Crippen molar-refractivity contribution in [3.63, 3.8) is 0 Å². The van der Waals surface area contributed by atoms with E-state index in [2.05, 4.69) is 5.10 Å². The van der Waals surface area contributed by atoms with E-state index in [9.17, 15) is 18.0 Å². The van der Waals surface area contributed by atoms with Gasteiger partial charge in [-0.25, -0.2) is 22.7 Å². The molecule has 2 aromatic rings. The standard InChI is InChI=1S/C15H20N4O6S3/c1-5-10-12(9(8-27-10)13(20)25-7-3)28(22,23)17-14(21)18-15(26)19(24-4)11(6-2)16-18/h8H,5-7H2,1-4H3,(H,17,21). The lowest BCUT2D eigenvalue weighted by atomic mass is 10.3. The first-order valence-corrected chi connectivity index (χ1v) is 11.1. The van der Waals surface area contributed by atoms with Crippen LogP contribution in [0, 0.1) is 4.77 Å². The van der Waals surface area contributed by atoms with Crippen molar-refractivity contribution in [1.82, 2.24) is 19.2 Å². The minimum absolute atomic E-state index is 0.0887. The van der Waals surface area contributed by atoms with E-state index in [-0.39, 0.29) is 21.8 Å². The van der Waals surface area contributed by atoms with E-state index in [4.69, 9.17) is 21.8 Å². The predicted octanol–water partition coefficient (Wildman–Crippen LogP) is 1.78. The maximum Gasteiger partial charge on any atom is 0.358 e. The van der Waals surface area contributed by atoms with Crippen molar-refractivity contribution in [2.45, 2.75) is 38.5 Å². The van der Waals surface area contributed by atoms with Gasteiger partial charge in [0, 0.05) is 16.7 Å². The van der Waals surface area contributed by atoms with Crippen LogP contribution in [-0.2, 0) is 27.6 Å². The second kappa shape index (κ2) is 8.84. The monoisotopic (exact) mass is 448 g/mol. The molecule has 1 N–H and O–H groups in total. The number of amides is 1. The number of thiophene rings is 1. The van der Waals surface area contributed by atoms with Gasteiger partial charge in [0.2, 0.25) is 4.77 Å². The molecule has 1 amide bonds. The van der Waals surface area contributed by atoms with Crippen molar-refractivity contribution in [2.24, 2.45) is 0 Å². The van der Waals surface area contributed by atoms with E-state index in [1.165, 1.54) is 12.5 Å². The largest absolute Gasteiger partial charge is 0.462 e. The molecular weight excluding hydrogens is 428 g/mol. The molecule has 2 heterocycles. The van der Waals surface area contributed by atoms with Crippen LogP contribution in [0.25, 0.3) is 0 Å². The molecule has 0 radical (unpaired) electrons. The van der Waals surface area contributed by atoms with Crippen LogP contribution in [0.3, 0.4) is 0 Å². The Labute approximate surface area is 171 Å². The summed E-state index contributed by atoms with van der Waals surface area (Å²) in [6.07, 6.45) is 0.758. The summed E-state index contributed by atoms with van der Waals surface area (Å²) in [6, 6.07) is -1.08. The van der Waals surface area contributed by atoms with Gasteiger partial charge < -0.3 is 9.57 Å². The highest BCUT2D eigenvalue weighted by atomic mass is 32.2. The van der Waals surface area contributed by atoms with E-state index < -0.39 is 22.0 Å². The molecule has 0 unspecified atom stereocenters. The number of esters is 1. The van der Waals surface area contributed by atoms with Gasteiger partial charge in [0.1, 0.15) is 12.0 Å². The smallest absolute Gasteiger partial charge is 0.358 e. The number of nitrogens with zero attached hydrogens (tertiary/aromatic N) is 3. The molecule has 0 fully saturated rings. The van der Waals surface area contributed by atoms with Crippen LogP contribution >= 0.6 is 23.6 Å². The van der Waals surface area contributed by atoms with Crippen LogP contribution in [0.2, 0.25) is 0 Å². The lowest BCUT2D eigenvalue weighted by molar-refractivity contribution is 0.0522. The Balaban J connectivity index is 2.46. The van der Waals surface area contributed by atoms with Gasteiger partial charge >= 0.3 is 12.0 Å². The second-order valence-electron chi connectivity index (χ2n) is 5.33. The van der Waals surface area contributed by atoms with Crippen LogP contribution in [0.4, 0.5) is 4.79 Å². The number of ether oxygens (including phenoxy) is 1. The predicted molar refractivity (Wildman–Crippen MR) is 104 cm³/mol. The molecule has 2 aromatic heterocycles. The van der Waals surface area contributed by atoms with Gasteiger partial charge in [0.25, 0.3) is 10.0 Å². The van der Waals surface area contributed by atoms with E-state index in [1.807, 2.05) is 4.72 Å². The second-order valence-corrected chi connectivity index (χ2v) is 8.28. The Morgan fingerprint density at radius 3 is 2.46 bits per heavy atom. The maximum absolute atomic E-state index is 12.9. The topological polar surface area (TPSA) is 122 Å². The Bertz CT molecular complexity index is 1050. The molecule has 0 aliphatic carbocycles. The zero-order valence-corrected chi connectivity index (χ0v) is 18.2. The molecule has 0 aromatic carbocycles. The maximum atomic E-state index is 12.9. The third kappa shape index (κ3) is 4.10. The molecule has 2 rings (SSSR count). The van der Waals surface area contributed by atoms with Crippen molar-refractivity contribution in [1.29, 1.82) is 0 Å². The first-order chi connectivity index (χ1) is 13.2. The fourth-order valence-corrected chi connectivity index (χ4v) is 5.41. The average molecular weight is 449 g/mol. The molecule has 0 bridgehead atoms. The summed E-state index contributed by atoms with van der Waals surface area (Å²) >= 11 is 6.20. The summed E-state index contributed by atoms with van der Waals surface area (Å²) in [5.74, 6) is -0.433. The summed E-state index contributed by atoms with van der Waals surface area (Å²) in [6.45, 7) is 5.22. The molecule has 0 saturated carbocycles. The van der Waals surface area contributed by atoms with Gasteiger partial charge in [-0.3, -0.25) is 0 Å². The molecule has 28 heavy (non-hydrogen) atoms. The number of hydrogen-bond donors (Lipinski definition) is 1. The molecule has 13 heteroatoms. The van der Waals surface area contributed by atoms with Crippen molar-refractivity contribution in [3.8, 4) is 0 Å². The van der Waals surface area contributed by atoms with Crippen molar-refractivity contribution < 1.29 is 27.6 Å². The Kier molecular flexibility index (Phi) is 6.96. The van der Waals surface area contributed by atoms with Crippen molar-refractivity contribution in [2.75, 3.05) is 13.7 Å². The van der Waals surface area contributed by atoms with Gasteiger partial charge in [-0.2, -0.15) is 0 Å². The summed E-state index contributed by atoms with van der Waals surface area (Å²) in [5, 5.41) is 5.38.